The summed E-state index contributed by atoms with van der Waals surface area (Å²) in [5, 5.41) is 11.3. The van der Waals surface area contributed by atoms with E-state index in [1.165, 1.54) is 0 Å². The lowest BCUT2D eigenvalue weighted by Gasteiger charge is -2.06. The monoisotopic (exact) mass is 500 g/mol. The average Bonchev–Trinajstić information content (AvgIpc) is 3.30. The third kappa shape index (κ3) is 5.15. The normalized spacial score (nSPS) is 10.8. The Balaban J connectivity index is 1.46. The fraction of sp³-hybridized carbons (Fsp3) is 0.136. The smallest absolute Gasteiger partial charge is 0.279 e. The Labute approximate surface area is 192 Å². The van der Waals surface area contributed by atoms with E-state index in [0.29, 0.717) is 28.6 Å². The zero-order valence-electron chi connectivity index (χ0n) is 16.5. The molecule has 4 rings (SSSR count). The number of aryl methyl sites for hydroxylation is 1. The first-order chi connectivity index (χ1) is 15.0. The maximum Gasteiger partial charge on any atom is 0.279 e. The van der Waals surface area contributed by atoms with Crippen molar-refractivity contribution in [3.05, 3.63) is 92.9 Å². The zero-order chi connectivity index (χ0) is 21.8. The number of carbonyl (C=O) groups is 1. The summed E-state index contributed by atoms with van der Waals surface area (Å²) < 4.78 is 13.6. The van der Waals surface area contributed by atoms with Gasteiger partial charge in [-0.1, -0.05) is 63.0 Å². The fourth-order valence-electron chi connectivity index (χ4n) is 2.92. The molecule has 0 aliphatic rings. The number of anilines is 1. The van der Waals surface area contributed by atoms with E-state index in [1.54, 1.807) is 17.8 Å². The minimum Gasteiger partial charge on any atom is -0.489 e. The maximum atomic E-state index is 12.8. The molecule has 0 aliphatic carbocycles. The van der Waals surface area contributed by atoms with E-state index in [1.807, 2.05) is 54.6 Å². The van der Waals surface area contributed by atoms with Crippen LogP contribution in [0, 0.1) is 6.92 Å². The summed E-state index contributed by atoms with van der Waals surface area (Å²) in [6.45, 7) is 2.39. The van der Waals surface area contributed by atoms with Gasteiger partial charge in [0, 0.05) is 10.7 Å². The van der Waals surface area contributed by atoms with Gasteiger partial charge in [0.1, 0.15) is 23.1 Å². The van der Waals surface area contributed by atoms with Gasteiger partial charge in [0.25, 0.3) is 5.91 Å². The molecule has 7 nitrogen and oxygen atoms in total. The quantitative estimate of drug-likeness (QED) is 0.363. The summed E-state index contributed by atoms with van der Waals surface area (Å²) in [6, 6.07) is 17.2. The molecule has 2 aromatic heterocycles. The van der Waals surface area contributed by atoms with Crippen LogP contribution in [0.2, 0.25) is 5.02 Å². The summed E-state index contributed by atoms with van der Waals surface area (Å²) in [7, 11) is 0. The molecule has 0 aliphatic heterocycles. The van der Waals surface area contributed by atoms with E-state index in [4.69, 9.17) is 20.9 Å². The summed E-state index contributed by atoms with van der Waals surface area (Å²) in [5.41, 5.74) is 1.74. The number of rotatable bonds is 7. The third-order valence-corrected chi connectivity index (χ3v) is 5.34. The van der Waals surface area contributed by atoms with Crippen LogP contribution in [0.25, 0.3) is 0 Å². The molecule has 0 spiro atoms. The van der Waals surface area contributed by atoms with Crippen LogP contribution in [0.5, 0.6) is 5.75 Å². The number of para-hydroxylation sites is 1. The van der Waals surface area contributed by atoms with Crippen molar-refractivity contribution >= 4 is 39.3 Å². The number of benzene rings is 2. The Morgan fingerprint density at radius 1 is 1.19 bits per heavy atom. The Kier molecular flexibility index (Phi) is 6.39. The Bertz CT molecular complexity index is 1190. The third-order valence-electron chi connectivity index (χ3n) is 4.53. The highest BCUT2D eigenvalue weighted by molar-refractivity contribution is 9.10. The zero-order valence-corrected chi connectivity index (χ0v) is 18.9. The van der Waals surface area contributed by atoms with Gasteiger partial charge in [0.15, 0.2) is 11.5 Å². The van der Waals surface area contributed by atoms with Crippen LogP contribution in [0.4, 0.5) is 5.82 Å². The minimum absolute atomic E-state index is 0.131. The molecule has 1 N–H and O–H groups in total. The van der Waals surface area contributed by atoms with E-state index in [9.17, 15) is 4.79 Å². The Hall–Kier alpha value is -3.10. The van der Waals surface area contributed by atoms with Gasteiger partial charge >= 0.3 is 0 Å². The van der Waals surface area contributed by atoms with Gasteiger partial charge in [0.05, 0.1) is 12.1 Å². The number of ether oxygens (including phenoxy) is 1. The molecule has 4 aromatic rings. The minimum atomic E-state index is -0.473. The molecule has 0 unspecified atom stereocenters. The summed E-state index contributed by atoms with van der Waals surface area (Å²) >= 11 is 9.69. The highest BCUT2D eigenvalue weighted by Crippen LogP contribution is 2.23. The molecule has 2 heterocycles. The number of aromatic nitrogens is 3. The summed E-state index contributed by atoms with van der Waals surface area (Å²) in [6.07, 6.45) is 1.66. The molecule has 2 aromatic carbocycles. The average molecular weight is 502 g/mol. The first-order valence-electron chi connectivity index (χ1n) is 9.41. The highest BCUT2D eigenvalue weighted by atomic mass is 79.9. The van der Waals surface area contributed by atoms with Crippen molar-refractivity contribution < 1.29 is 14.1 Å². The van der Waals surface area contributed by atoms with Crippen LogP contribution in [0.15, 0.2) is 69.8 Å². The molecule has 31 heavy (non-hydrogen) atoms. The molecule has 1 amide bonds. The van der Waals surface area contributed by atoms with Gasteiger partial charge in [0.2, 0.25) is 0 Å². The molecule has 0 saturated heterocycles. The molecular weight excluding hydrogens is 484 g/mol. The lowest BCUT2D eigenvalue weighted by molar-refractivity contribution is 0.101. The molecule has 0 radical (unpaired) electrons. The lowest BCUT2D eigenvalue weighted by Crippen LogP contribution is -2.16. The second-order valence-corrected chi connectivity index (χ2v) is 8.09. The van der Waals surface area contributed by atoms with Crippen molar-refractivity contribution in [3.63, 3.8) is 0 Å². The Morgan fingerprint density at radius 2 is 1.94 bits per heavy atom. The van der Waals surface area contributed by atoms with Crippen molar-refractivity contribution in [2.75, 3.05) is 5.32 Å². The van der Waals surface area contributed by atoms with Crippen LogP contribution in [0.3, 0.4) is 0 Å². The summed E-state index contributed by atoms with van der Waals surface area (Å²) in [4.78, 5) is 12.8. The van der Waals surface area contributed by atoms with E-state index in [2.05, 4.69) is 31.5 Å². The number of carbonyl (C=O) groups excluding carboxylic acids is 1. The van der Waals surface area contributed by atoms with E-state index in [0.717, 1.165) is 10.0 Å². The Morgan fingerprint density at radius 3 is 2.68 bits per heavy atom. The van der Waals surface area contributed by atoms with Crippen molar-refractivity contribution in [2.24, 2.45) is 0 Å². The highest BCUT2D eigenvalue weighted by Gasteiger charge is 2.22. The second kappa shape index (κ2) is 9.36. The molecule has 0 fully saturated rings. The predicted molar refractivity (Wildman–Crippen MR) is 120 cm³/mol. The number of nitrogens with zero attached hydrogens (tertiary/aromatic N) is 3. The van der Waals surface area contributed by atoms with Crippen LogP contribution < -0.4 is 10.1 Å². The lowest BCUT2D eigenvalue weighted by atomic mass is 10.2. The second-order valence-electron chi connectivity index (χ2n) is 6.77. The molecule has 0 saturated carbocycles. The molecule has 9 heteroatoms. The number of hydrogen-bond donors (Lipinski definition) is 1. The topological polar surface area (TPSA) is 82.2 Å². The number of nitrogens with one attached hydrogen (secondary N) is 1. The first-order valence-corrected chi connectivity index (χ1v) is 10.6. The van der Waals surface area contributed by atoms with E-state index >= 15 is 0 Å². The van der Waals surface area contributed by atoms with E-state index in [-0.39, 0.29) is 18.1 Å². The number of halogens is 2. The van der Waals surface area contributed by atoms with E-state index < -0.39 is 5.91 Å². The number of hydrogen-bond acceptors (Lipinski definition) is 5. The SMILES string of the molecule is Cc1onc(C(=O)Nc2nn(Cc3ccc(Br)cc3)cc2Cl)c1COc1ccccc1. The number of amides is 1. The van der Waals surface area contributed by atoms with Gasteiger partial charge in [-0.2, -0.15) is 5.10 Å². The van der Waals surface area contributed by atoms with Crippen LogP contribution >= 0.6 is 27.5 Å². The van der Waals surface area contributed by atoms with Crippen LogP contribution in [-0.4, -0.2) is 20.8 Å². The van der Waals surface area contributed by atoms with Crippen molar-refractivity contribution in [1.82, 2.24) is 14.9 Å². The molecule has 0 atom stereocenters. The molecular formula is C22H18BrClN4O3. The van der Waals surface area contributed by atoms with Gasteiger partial charge in [-0.15, -0.1) is 0 Å². The van der Waals surface area contributed by atoms with Crippen molar-refractivity contribution in [3.8, 4) is 5.75 Å². The largest absolute Gasteiger partial charge is 0.489 e. The molecule has 0 bridgehead atoms. The maximum absolute atomic E-state index is 12.8. The van der Waals surface area contributed by atoms with Gasteiger partial charge < -0.3 is 14.6 Å². The van der Waals surface area contributed by atoms with Crippen molar-refractivity contribution in [1.29, 1.82) is 0 Å². The van der Waals surface area contributed by atoms with Gasteiger partial charge in [-0.05, 0) is 36.8 Å². The summed E-state index contributed by atoms with van der Waals surface area (Å²) in [5.74, 6) is 0.968. The fourth-order valence-corrected chi connectivity index (χ4v) is 3.38. The first kappa shape index (κ1) is 21.1. The standard InChI is InChI=1S/C22H18BrClN4O3/c1-14-18(13-30-17-5-3-2-4-6-17)20(27-31-14)22(29)25-21-19(24)12-28(26-21)11-15-7-9-16(23)10-8-15/h2-10,12H,11,13H2,1H3,(H,25,26,29). The van der Waals surface area contributed by atoms with Crippen LogP contribution in [-0.2, 0) is 13.2 Å². The van der Waals surface area contributed by atoms with Crippen molar-refractivity contribution in [2.45, 2.75) is 20.1 Å². The van der Waals surface area contributed by atoms with Crippen LogP contribution in [0.1, 0.15) is 27.4 Å². The predicted octanol–water partition coefficient (Wildman–Crippen LogP) is 5.48. The van der Waals surface area contributed by atoms with Gasteiger partial charge in [-0.25, -0.2) is 0 Å². The van der Waals surface area contributed by atoms with Gasteiger partial charge in [-0.3, -0.25) is 9.48 Å². The molecule has 158 valence electrons.